The molecular formula is C17H13BrClF2NO3. The van der Waals surface area contributed by atoms with Gasteiger partial charge in [-0.3, -0.25) is 4.79 Å². The summed E-state index contributed by atoms with van der Waals surface area (Å²) in [6, 6.07) is 6.82. The van der Waals surface area contributed by atoms with Gasteiger partial charge in [0.1, 0.15) is 6.04 Å². The highest BCUT2D eigenvalue weighted by Gasteiger charge is 2.22. The maximum absolute atomic E-state index is 13.2. The molecule has 2 aromatic carbocycles. The maximum Gasteiger partial charge on any atom is 0.326 e. The van der Waals surface area contributed by atoms with E-state index in [-0.39, 0.29) is 18.4 Å². The number of carboxylic acid groups (broad SMARTS) is 1. The minimum atomic E-state index is -1.22. The van der Waals surface area contributed by atoms with Crippen LogP contribution in [0.25, 0.3) is 0 Å². The van der Waals surface area contributed by atoms with E-state index in [1.54, 1.807) is 18.2 Å². The molecule has 0 aliphatic heterocycles. The Labute approximate surface area is 155 Å². The highest BCUT2D eigenvalue weighted by atomic mass is 79.9. The van der Waals surface area contributed by atoms with Crippen molar-refractivity contribution in [3.63, 3.8) is 0 Å². The van der Waals surface area contributed by atoms with Crippen molar-refractivity contribution in [2.45, 2.75) is 18.9 Å². The Balaban J connectivity index is 2.07. The predicted molar refractivity (Wildman–Crippen MR) is 92.5 cm³/mol. The minimum absolute atomic E-state index is 0.0139. The van der Waals surface area contributed by atoms with E-state index < -0.39 is 29.6 Å². The number of carbonyl (C=O) groups excluding carboxylic acids is 1. The fourth-order valence-corrected chi connectivity index (χ4v) is 2.80. The van der Waals surface area contributed by atoms with Gasteiger partial charge in [-0.25, -0.2) is 13.6 Å². The lowest BCUT2D eigenvalue weighted by Crippen LogP contribution is -2.43. The lowest BCUT2D eigenvalue weighted by Gasteiger charge is -2.16. The Morgan fingerprint density at radius 1 is 1.16 bits per heavy atom. The zero-order valence-electron chi connectivity index (χ0n) is 12.7. The Bertz CT molecular complexity index is 816. The number of rotatable bonds is 6. The van der Waals surface area contributed by atoms with E-state index in [4.69, 9.17) is 11.6 Å². The third kappa shape index (κ3) is 5.51. The maximum atomic E-state index is 13.2. The fourth-order valence-electron chi connectivity index (χ4n) is 2.20. The first kappa shape index (κ1) is 19.3. The van der Waals surface area contributed by atoms with Gasteiger partial charge in [0.05, 0.1) is 6.42 Å². The van der Waals surface area contributed by atoms with Gasteiger partial charge in [0.15, 0.2) is 11.6 Å². The zero-order valence-corrected chi connectivity index (χ0v) is 15.1. The molecule has 2 N–H and O–H groups in total. The number of benzene rings is 2. The van der Waals surface area contributed by atoms with Crippen molar-refractivity contribution >= 4 is 39.4 Å². The van der Waals surface area contributed by atoms with Crippen LogP contribution in [0.15, 0.2) is 40.9 Å². The largest absolute Gasteiger partial charge is 0.480 e. The summed E-state index contributed by atoms with van der Waals surface area (Å²) in [5.74, 6) is -3.91. The number of carboxylic acids is 1. The van der Waals surface area contributed by atoms with Crippen LogP contribution in [0.5, 0.6) is 0 Å². The quantitative estimate of drug-likeness (QED) is 0.731. The molecule has 0 radical (unpaired) electrons. The van der Waals surface area contributed by atoms with Gasteiger partial charge in [-0.1, -0.05) is 33.6 Å². The first-order valence-corrected chi connectivity index (χ1v) is 8.33. The van der Waals surface area contributed by atoms with Gasteiger partial charge in [-0.05, 0) is 41.5 Å². The van der Waals surface area contributed by atoms with Gasteiger partial charge in [0.25, 0.3) is 0 Å². The van der Waals surface area contributed by atoms with Gasteiger partial charge in [0.2, 0.25) is 5.91 Å². The summed E-state index contributed by atoms with van der Waals surface area (Å²) in [6.07, 6.45) is -0.252. The first-order valence-electron chi connectivity index (χ1n) is 7.16. The summed E-state index contributed by atoms with van der Waals surface area (Å²) in [5, 5.41) is 12.1. The number of amides is 1. The Kier molecular flexibility index (Phi) is 6.50. The number of nitrogens with one attached hydrogen (secondary N) is 1. The smallest absolute Gasteiger partial charge is 0.326 e. The molecule has 0 unspecified atom stereocenters. The van der Waals surface area contributed by atoms with E-state index in [9.17, 15) is 23.5 Å². The monoisotopic (exact) mass is 431 g/mol. The summed E-state index contributed by atoms with van der Waals surface area (Å²) in [4.78, 5) is 23.5. The number of hydrogen-bond donors (Lipinski definition) is 2. The van der Waals surface area contributed by atoms with Crippen molar-refractivity contribution in [2.24, 2.45) is 0 Å². The molecule has 8 heteroatoms. The SMILES string of the molecule is O=C(Cc1ccc(F)c(F)c1)N[C@@H](Cc1cc(Cl)ccc1Br)C(=O)O. The summed E-state index contributed by atoms with van der Waals surface area (Å²) >= 11 is 9.20. The van der Waals surface area contributed by atoms with Crippen LogP contribution >= 0.6 is 27.5 Å². The van der Waals surface area contributed by atoms with Gasteiger partial charge >= 0.3 is 5.97 Å². The van der Waals surface area contributed by atoms with E-state index >= 15 is 0 Å². The number of halogens is 4. The summed E-state index contributed by atoms with van der Waals surface area (Å²) < 4.78 is 26.7. The molecule has 0 spiro atoms. The third-order valence-electron chi connectivity index (χ3n) is 3.41. The lowest BCUT2D eigenvalue weighted by molar-refractivity contribution is -0.141. The van der Waals surface area contributed by atoms with Crippen LogP contribution in [-0.2, 0) is 22.4 Å². The second-order valence-electron chi connectivity index (χ2n) is 5.32. The molecule has 0 aromatic heterocycles. The molecule has 0 saturated heterocycles. The number of hydrogen-bond acceptors (Lipinski definition) is 2. The van der Waals surface area contributed by atoms with Gasteiger partial charge in [-0.2, -0.15) is 0 Å². The van der Waals surface area contributed by atoms with Crippen molar-refractivity contribution in [1.82, 2.24) is 5.32 Å². The van der Waals surface area contributed by atoms with E-state index in [1.165, 1.54) is 6.07 Å². The third-order valence-corrected chi connectivity index (χ3v) is 4.42. The Morgan fingerprint density at radius 3 is 2.52 bits per heavy atom. The van der Waals surface area contributed by atoms with Crippen LogP contribution < -0.4 is 5.32 Å². The van der Waals surface area contributed by atoms with Crippen LogP contribution in [0.4, 0.5) is 8.78 Å². The summed E-state index contributed by atoms with van der Waals surface area (Å²) in [5.41, 5.74) is 0.859. The number of aliphatic carboxylic acids is 1. The van der Waals surface area contributed by atoms with E-state index in [2.05, 4.69) is 21.2 Å². The van der Waals surface area contributed by atoms with Crippen LogP contribution in [0.3, 0.4) is 0 Å². The molecule has 1 amide bonds. The van der Waals surface area contributed by atoms with E-state index in [0.717, 1.165) is 12.1 Å². The normalized spacial score (nSPS) is 11.8. The Hall–Kier alpha value is -1.99. The molecule has 2 aromatic rings. The van der Waals surface area contributed by atoms with Crippen molar-refractivity contribution in [3.8, 4) is 0 Å². The fraction of sp³-hybridized carbons (Fsp3) is 0.176. The average molecular weight is 433 g/mol. The van der Waals surface area contributed by atoms with Crippen molar-refractivity contribution in [2.75, 3.05) is 0 Å². The van der Waals surface area contributed by atoms with Crippen molar-refractivity contribution < 1.29 is 23.5 Å². The molecule has 1 atom stereocenters. The van der Waals surface area contributed by atoms with Crippen LogP contribution in [-0.4, -0.2) is 23.0 Å². The zero-order chi connectivity index (χ0) is 18.6. The predicted octanol–water partition coefficient (Wildman–Crippen LogP) is 3.74. The Morgan fingerprint density at radius 2 is 1.88 bits per heavy atom. The molecule has 0 aliphatic carbocycles. The topological polar surface area (TPSA) is 66.4 Å². The van der Waals surface area contributed by atoms with Crippen molar-refractivity contribution in [1.29, 1.82) is 0 Å². The lowest BCUT2D eigenvalue weighted by atomic mass is 10.1. The molecule has 132 valence electrons. The average Bonchev–Trinajstić information content (AvgIpc) is 2.53. The summed E-state index contributed by atoms with van der Waals surface area (Å²) in [7, 11) is 0. The molecule has 0 fully saturated rings. The first-order chi connectivity index (χ1) is 11.8. The summed E-state index contributed by atoms with van der Waals surface area (Å²) in [6.45, 7) is 0. The molecule has 0 heterocycles. The second kappa shape index (κ2) is 8.40. The van der Waals surface area contributed by atoms with Gasteiger partial charge in [-0.15, -0.1) is 0 Å². The highest BCUT2D eigenvalue weighted by Crippen LogP contribution is 2.22. The van der Waals surface area contributed by atoms with Crippen molar-refractivity contribution in [3.05, 3.63) is 68.7 Å². The molecular weight excluding hydrogens is 420 g/mol. The van der Waals surface area contributed by atoms with Gasteiger partial charge in [0, 0.05) is 15.9 Å². The molecule has 2 rings (SSSR count). The van der Waals surface area contributed by atoms with Crippen LogP contribution in [0.1, 0.15) is 11.1 Å². The minimum Gasteiger partial charge on any atom is -0.480 e. The van der Waals surface area contributed by atoms with Gasteiger partial charge < -0.3 is 10.4 Å². The highest BCUT2D eigenvalue weighted by molar-refractivity contribution is 9.10. The second-order valence-corrected chi connectivity index (χ2v) is 6.61. The molecule has 0 saturated carbocycles. The van der Waals surface area contributed by atoms with E-state index in [0.29, 0.717) is 15.1 Å². The van der Waals surface area contributed by atoms with Crippen LogP contribution in [0.2, 0.25) is 5.02 Å². The molecule has 0 aliphatic rings. The standard InChI is InChI=1S/C17H13BrClF2NO3/c18-12-3-2-11(19)7-10(12)8-15(17(24)25)22-16(23)6-9-1-4-13(20)14(21)5-9/h1-5,7,15H,6,8H2,(H,22,23)(H,24,25)/t15-/m0/s1. The molecule has 0 bridgehead atoms. The van der Waals surface area contributed by atoms with Crippen LogP contribution in [0, 0.1) is 11.6 Å². The van der Waals surface area contributed by atoms with E-state index in [1.807, 2.05) is 0 Å². The molecule has 25 heavy (non-hydrogen) atoms. The molecule has 4 nitrogen and oxygen atoms in total. The number of carbonyl (C=O) groups is 2.